The molecule has 0 aromatic heterocycles. The molecule has 92 valence electrons. The van der Waals surface area contributed by atoms with Gasteiger partial charge in [0.05, 0.1) is 0 Å². The average molecular weight is 233 g/mol. The summed E-state index contributed by atoms with van der Waals surface area (Å²) in [6, 6.07) is 5.94. The monoisotopic (exact) mass is 233 g/mol. The van der Waals surface area contributed by atoms with Crippen molar-refractivity contribution in [2.75, 3.05) is 6.54 Å². The van der Waals surface area contributed by atoms with Gasteiger partial charge in [-0.25, -0.2) is 0 Å². The summed E-state index contributed by atoms with van der Waals surface area (Å²) in [7, 11) is 0. The fraction of sp³-hybridized carbons (Fsp3) is 0.500. The van der Waals surface area contributed by atoms with E-state index in [1.165, 1.54) is 16.7 Å². The Kier molecular flexibility index (Phi) is 3.48. The lowest BCUT2D eigenvalue weighted by Gasteiger charge is -2.22. The molecule has 1 atom stereocenters. The number of hydrogen-bond acceptors (Lipinski definition) is 2. The second kappa shape index (κ2) is 4.88. The number of carboxylic acids is 1. The zero-order chi connectivity index (χ0) is 12.4. The normalized spacial score (nSPS) is 20.7. The Hall–Kier alpha value is -1.35. The van der Waals surface area contributed by atoms with Crippen molar-refractivity contribution in [1.82, 2.24) is 4.90 Å². The third-order valence-electron chi connectivity index (χ3n) is 3.74. The highest BCUT2D eigenvalue weighted by Gasteiger charge is 2.30. The van der Waals surface area contributed by atoms with Gasteiger partial charge >= 0.3 is 5.97 Å². The van der Waals surface area contributed by atoms with Gasteiger partial charge in [-0.05, 0) is 49.9 Å². The minimum atomic E-state index is -0.687. The van der Waals surface area contributed by atoms with Gasteiger partial charge in [0, 0.05) is 6.54 Å². The van der Waals surface area contributed by atoms with E-state index in [1.54, 1.807) is 0 Å². The molecule has 3 nitrogen and oxygen atoms in total. The number of nitrogens with zero attached hydrogens (tertiary/aromatic N) is 1. The molecule has 0 bridgehead atoms. The van der Waals surface area contributed by atoms with Crippen LogP contribution in [0.5, 0.6) is 0 Å². The quantitative estimate of drug-likeness (QED) is 0.871. The fourth-order valence-corrected chi connectivity index (χ4v) is 2.50. The van der Waals surface area contributed by atoms with E-state index in [4.69, 9.17) is 5.11 Å². The lowest BCUT2D eigenvalue weighted by Crippen LogP contribution is -2.35. The number of hydrogen-bond donors (Lipinski definition) is 1. The molecule has 2 rings (SSSR count). The molecule has 0 amide bonds. The molecule has 1 aromatic rings. The van der Waals surface area contributed by atoms with Crippen LogP contribution < -0.4 is 0 Å². The standard InChI is InChI=1S/C14H19NO2/c1-10-5-3-6-12(11(10)2)9-15-8-4-7-13(15)14(16)17/h3,5-6,13H,4,7-9H2,1-2H3,(H,16,17)/t13-/m1/s1. The first-order chi connectivity index (χ1) is 8.09. The van der Waals surface area contributed by atoms with Gasteiger partial charge in [-0.15, -0.1) is 0 Å². The largest absolute Gasteiger partial charge is 0.480 e. The van der Waals surface area contributed by atoms with Crippen LogP contribution in [0.2, 0.25) is 0 Å². The minimum Gasteiger partial charge on any atom is -0.480 e. The highest BCUT2D eigenvalue weighted by molar-refractivity contribution is 5.73. The van der Waals surface area contributed by atoms with E-state index >= 15 is 0 Å². The van der Waals surface area contributed by atoms with Crippen LogP contribution in [0.25, 0.3) is 0 Å². The van der Waals surface area contributed by atoms with Crippen molar-refractivity contribution in [2.45, 2.75) is 39.3 Å². The summed E-state index contributed by atoms with van der Waals surface area (Å²) in [6.07, 6.45) is 1.77. The van der Waals surface area contributed by atoms with E-state index in [-0.39, 0.29) is 6.04 Å². The van der Waals surface area contributed by atoms with Crippen LogP contribution >= 0.6 is 0 Å². The maximum atomic E-state index is 11.1. The molecule has 1 N–H and O–H groups in total. The van der Waals surface area contributed by atoms with Gasteiger partial charge in [0.15, 0.2) is 0 Å². The second-order valence-electron chi connectivity index (χ2n) is 4.83. The smallest absolute Gasteiger partial charge is 0.320 e. The van der Waals surface area contributed by atoms with Crippen LogP contribution in [0, 0.1) is 13.8 Å². The van der Waals surface area contributed by atoms with E-state index in [0.717, 1.165) is 25.9 Å². The average Bonchev–Trinajstić information content (AvgIpc) is 2.73. The molecule has 0 spiro atoms. The fourth-order valence-electron chi connectivity index (χ4n) is 2.50. The Bertz CT molecular complexity index is 428. The highest BCUT2D eigenvalue weighted by atomic mass is 16.4. The Morgan fingerprint density at radius 3 is 2.94 bits per heavy atom. The van der Waals surface area contributed by atoms with Crippen molar-refractivity contribution in [2.24, 2.45) is 0 Å². The molecule has 3 heteroatoms. The highest BCUT2D eigenvalue weighted by Crippen LogP contribution is 2.22. The predicted molar refractivity (Wildman–Crippen MR) is 67.0 cm³/mol. The SMILES string of the molecule is Cc1cccc(CN2CCC[C@@H]2C(=O)O)c1C. The van der Waals surface area contributed by atoms with Gasteiger partial charge in [-0.3, -0.25) is 9.69 Å². The van der Waals surface area contributed by atoms with Crippen molar-refractivity contribution in [3.63, 3.8) is 0 Å². The third-order valence-corrected chi connectivity index (χ3v) is 3.74. The number of likely N-dealkylation sites (tertiary alicyclic amines) is 1. The van der Waals surface area contributed by atoms with Crippen LogP contribution in [-0.4, -0.2) is 28.6 Å². The van der Waals surface area contributed by atoms with Gasteiger partial charge in [-0.1, -0.05) is 18.2 Å². The number of aliphatic carboxylic acids is 1. The van der Waals surface area contributed by atoms with Crippen LogP contribution in [0.4, 0.5) is 0 Å². The van der Waals surface area contributed by atoms with Gasteiger partial charge in [0.1, 0.15) is 6.04 Å². The minimum absolute atomic E-state index is 0.296. The number of rotatable bonds is 3. The lowest BCUT2D eigenvalue weighted by molar-refractivity contribution is -0.142. The summed E-state index contributed by atoms with van der Waals surface area (Å²) in [5, 5.41) is 9.14. The molecular weight excluding hydrogens is 214 g/mol. The summed E-state index contributed by atoms with van der Waals surface area (Å²) in [5.74, 6) is -0.687. The molecule has 1 aliphatic rings. The summed E-state index contributed by atoms with van der Waals surface area (Å²) in [4.78, 5) is 13.2. The Morgan fingerprint density at radius 1 is 1.47 bits per heavy atom. The molecule has 1 heterocycles. The van der Waals surface area contributed by atoms with E-state index in [0.29, 0.717) is 0 Å². The van der Waals surface area contributed by atoms with Crippen molar-refractivity contribution in [1.29, 1.82) is 0 Å². The summed E-state index contributed by atoms with van der Waals surface area (Å²) >= 11 is 0. The number of carbonyl (C=O) groups is 1. The molecule has 0 saturated carbocycles. The first-order valence-electron chi connectivity index (χ1n) is 6.11. The second-order valence-corrected chi connectivity index (χ2v) is 4.83. The number of benzene rings is 1. The predicted octanol–water partition coefficient (Wildman–Crippen LogP) is 2.35. The molecular formula is C14H19NO2. The van der Waals surface area contributed by atoms with Crippen LogP contribution in [0.15, 0.2) is 18.2 Å². The van der Waals surface area contributed by atoms with Crippen LogP contribution in [-0.2, 0) is 11.3 Å². The Labute approximate surface area is 102 Å². The van der Waals surface area contributed by atoms with Gasteiger partial charge < -0.3 is 5.11 Å². The lowest BCUT2D eigenvalue weighted by atomic mass is 10.0. The molecule has 0 unspecified atom stereocenters. The number of carboxylic acid groups (broad SMARTS) is 1. The van der Waals surface area contributed by atoms with Crippen molar-refractivity contribution in [3.05, 3.63) is 34.9 Å². The molecule has 1 aromatic carbocycles. The zero-order valence-electron chi connectivity index (χ0n) is 10.4. The van der Waals surface area contributed by atoms with E-state index in [2.05, 4.69) is 30.9 Å². The van der Waals surface area contributed by atoms with Gasteiger partial charge in [0.25, 0.3) is 0 Å². The summed E-state index contributed by atoms with van der Waals surface area (Å²) in [5.41, 5.74) is 3.80. The molecule has 0 aliphatic carbocycles. The molecule has 17 heavy (non-hydrogen) atoms. The Morgan fingerprint density at radius 2 is 2.24 bits per heavy atom. The molecule has 1 fully saturated rings. The zero-order valence-corrected chi connectivity index (χ0v) is 10.4. The Balaban J connectivity index is 2.15. The third kappa shape index (κ3) is 2.50. The molecule has 1 aliphatic heterocycles. The number of aryl methyl sites for hydroxylation is 1. The van der Waals surface area contributed by atoms with Crippen molar-refractivity contribution in [3.8, 4) is 0 Å². The maximum Gasteiger partial charge on any atom is 0.320 e. The first-order valence-corrected chi connectivity index (χ1v) is 6.11. The topological polar surface area (TPSA) is 40.5 Å². The van der Waals surface area contributed by atoms with E-state index < -0.39 is 5.97 Å². The van der Waals surface area contributed by atoms with E-state index in [1.807, 2.05) is 6.07 Å². The molecule has 1 saturated heterocycles. The van der Waals surface area contributed by atoms with Gasteiger partial charge in [-0.2, -0.15) is 0 Å². The van der Waals surface area contributed by atoms with Crippen molar-refractivity contribution < 1.29 is 9.90 Å². The maximum absolute atomic E-state index is 11.1. The molecule has 0 radical (unpaired) electrons. The van der Waals surface area contributed by atoms with Crippen LogP contribution in [0.1, 0.15) is 29.5 Å². The first kappa shape index (κ1) is 12.1. The van der Waals surface area contributed by atoms with Crippen molar-refractivity contribution >= 4 is 5.97 Å². The van der Waals surface area contributed by atoms with E-state index in [9.17, 15) is 4.79 Å². The summed E-state index contributed by atoms with van der Waals surface area (Å²) < 4.78 is 0. The van der Waals surface area contributed by atoms with Gasteiger partial charge in [0.2, 0.25) is 0 Å². The van der Waals surface area contributed by atoms with Crippen LogP contribution in [0.3, 0.4) is 0 Å². The summed E-state index contributed by atoms with van der Waals surface area (Å²) in [6.45, 7) is 5.85.